The van der Waals surface area contributed by atoms with E-state index in [1.807, 2.05) is 12.1 Å². The van der Waals surface area contributed by atoms with E-state index in [1.54, 1.807) is 23.0 Å². The van der Waals surface area contributed by atoms with Gasteiger partial charge in [0.05, 0.1) is 24.3 Å². The number of nitrogens with zero attached hydrogens (tertiary/aromatic N) is 6. The number of nitrogens with one attached hydrogen (secondary N) is 1. The molecule has 6 fully saturated rings. The minimum Gasteiger partial charge on any atom is -0.503 e. The first-order chi connectivity index (χ1) is 31.1. The van der Waals surface area contributed by atoms with E-state index in [2.05, 4.69) is 49.2 Å². The van der Waals surface area contributed by atoms with E-state index in [-0.39, 0.29) is 35.7 Å². The molecule has 0 aromatic heterocycles. The van der Waals surface area contributed by atoms with E-state index in [9.17, 15) is 28.7 Å². The van der Waals surface area contributed by atoms with Crippen molar-refractivity contribution in [1.82, 2.24) is 20.0 Å². The minimum atomic E-state index is -0.756. The van der Waals surface area contributed by atoms with Gasteiger partial charge >= 0.3 is 0 Å². The van der Waals surface area contributed by atoms with Crippen LogP contribution in [-0.2, 0) is 25.7 Å². The Morgan fingerprint density at radius 1 is 0.797 bits per heavy atom. The minimum absolute atomic E-state index is 0.119. The molecule has 7 aliphatic heterocycles. The first-order valence-electron chi connectivity index (χ1n) is 23.4. The van der Waals surface area contributed by atoms with Crippen molar-refractivity contribution in [2.75, 3.05) is 100 Å². The summed E-state index contributed by atoms with van der Waals surface area (Å²) in [4.78, 5) is 64.5. The Bertz CT molecular complexity index is 2280. The second-order valence-electron chi connectivity index (χ2n) is 19.1. The van der Waals surface area contributed by atoms with Crippen molar-refractivity contribution >= 4 is 40.7 Å². The zero-order chi connectivity index (χ0) is 44.1. The van der Waals surface area contributed by atoms with Crippen LogP contribution in [0.5, 0.6) is 11.5 Å². The molecule has 14 nitrogen and oxygen atoms in total. The van der Waals surface area contributed by atoms with Crippen molar-refractivity contribution in [2.24, 2.45) is 17.3 Å². The summed E-state index contributed by atoms with van der Waals surface area (Å²) in [6.45, 7) is 11.9. The number of phenols is 1. The standard InChI is InChI=1S/C49H60FN7O7/c1-63-42-28-36(6-8-38(42)45-49(15-25-64-26-16-49)48(62)57(45)40-4-2-3-39(50)44(40)59)55-19-13-33(14-20-55)30-53-23-21-52(22-24-53)29-32-11-17-54(18-12-32)35-5-7-37-34(27-35)31-56(47(37)61)41-9-10-43(58)51-46(41)60/h2-8,27-28,32-33,41,45,59H,9-26,29-31H2,1H3,(H,51,58,60)/t41?,45-/m0/s1. The Balaban J connectivity index is 0.682. The lowest BCUT2D eigenvalue weighted by Gasteiger charge is -2.57. The summed E-state index contributed by atoms with van der Waals surface area (Å²) in [5, 5.41) is 13.1. The summed E-state index contributed by atoms with van der Waals surface area (Å²) in [6.07, 6.45) is 6.25. The third-order valence-electron chi connectivity index (χ3n) is 15.5. The van der Waals surface area contributed by atoms with Crippen LogP contribution < -0.4 is 24.8 Å². The highest BCUT2D eigenvalue weighted by molar-refractivity contribution is 6.08. The molecule has 3 aromatic rings. The molecular formula is C49H60FN7O7. The summed E-state index contributed by atoms with van der Waals surface area (Å²) in [7, 11) is 1.66. The molecule has 64 heavy (non-hydrogen) atoms. The molecular weight excluding hydrogens is 818 g/mol. The molecule has 15 heteroatoms. The number of β-lactam (4-membered cyclic amide) rings is 1. The highest BCUT2D eigenvalue weighted by Crippen LogP contribution is 2.60. The maximum absolute atomic E-state index is 14.5. The zero-order valence-electron chi connectivity index (χ0n) is 36.8. The van der Waals surface area contributed by atoms with Crippen molar-refractivity contribution in [3.05, 3.63) is 77.1 Å². The van der Waals surface area contributed by atoms with E-state index in [0.717, 1.165) is 114 Å². The maximum Gasteiger partial charge on any atom is 0.255 e. The monoisotopic (exact) mass is 877 g/mol. The molecule has 10 rings (SSSR count). The van der Waals surface area contributed by atoms with Crippen LogP contribution in [0.15, 0.2) is 54.6 Å². The fourth-order valence-corrected chi connectivity index (χ4v) is 11.8. The number of ether oxygens (including phenoxy) is 2. The Morgan fingerprint density at radius 3 is 2.05 bits per heavy atom. The smallest absolute Gasteiger partial charge is 0.255 e. The van der Waals surface area contributed by atoms with Gasteiger partial charge in [-0.3, -0.25) is 29.4 Å². The van der Waals surface area contributed by atoms with Gasteiger partial charge in [-0.2, -0.15) is 0 Å². The van der Waals surface area contributed by atoms with Crippen LogP contribution in [0.1, 0.15) is 78.9 Å². The quantitative estimate of drug-likeness (QED) is 0.212. The highest BCUT2D eigenvalue weighted by Gasteiger charge is 2.63. The third-order valence-corrected chi connectivity index (χ3v) is 15.5. The molecule has 1 spiro atoms. The van der Waals surface area contributed by atoms with Gasteiger partial charge in [0.25, 0.3) is 5.91 Å². The van der Waals surface area contributed by atoms with Gasteiger partial charge in [0.2, 0.25) is 17.7 Å². The van der Waals surface area contributed by atoms with Crippen molar-refractivity contribution in [3.8, 4) is 11.5 Å². The number of phenolic OH excluding ortho intramolecular Hbond substituents is 1. The molecule has 0 saturated carbocycles. The van der Waals surface area contributed by atoms with Gasteiger partial charge in [-0.1, -0.05) is 12.1 Å². The molecule has 0 radical (unpaired) electrons. The Kier molecular flexibility index (Phi) is 11.7. The molecule has 2 N–H and O–H groups in total. The lowest BCUT2D eigenvalue weighted by Crippen LogP contribution is -2.65. The number of amides is 4. The van der Waals surface area contributed by atoms with Gasteiger partial charge in [-0.25, -0.2) is 4.39 Å². The van der Waals surface area contributed by atoms with Crippen molar-refractivity contribution in [2.45, 2.75) is 70.0 Å². The van der Waals surface area contributed by atoms with Gasteiger partial charge in [0.1, 0.15) is 11.8 Å². The molecule has 2 atom stereocenters. The predicted molar refractivity (Wildman–Crippen MR) is 239 cm³/mol. The first-order valence-corrected chi connectivity index (χ1v) is 23.4. The molecule has 0 aliphatic carbocycles. The molecule has 6 saturated heterocycles. The van der Waals surface area contributed by atoms with Gasteiger partial charge in [0, 0.05) is 120 Å². The molecule has 7 heterocycles. The van der Waals surface area contributed by atoms with Crippen LogP contribution in [0.4, 0.5) is 21.5 Å². The predicted octanol–water partition coefficient (Wildman–Crippen LogP) is 4.94. The summed E-state index contributed by atoms with van der Waals surface area (Å²) >= 11 is 0. The maximum atomic E-state index is 14.5. The van der Waals surface area contributed by atoms with E-state index in [4.69, 9.17) is 9.47 Å². The van der Waals surface area contributed by atoms with Crippen LogP contribution in [-0.4, -0.2) is 135 Å². The molecule has 7 aliphatic rings. The lowest BCUT2D eigenvalue weighted by atomic mass is 9.62. The average Bonchev–Trinajstić information content (AvgIpc) is 3.65. The fourth-order valence-electron chi connectivity index (χ4n) is 11.8. The Labute approximate surface area is 374 Å². The summed E-state index contributed by atoms with van der Waals surface area (Å²) < 4.78 is 26.2. The normalized spacial score (nSPS) is 24.9. The van der Waals surface area contributed by atoms with Crippen LogP contribution in [0.25, 0.3) is 0 Å². The number of methoxy groups -OCH3 is 1. The number of carbonyl (C=O) groups excluding carboxylic acids is 4. The number of halogens is 1. The van der Waals surface area contributed by atoms with Crippen molar-refractivity contribution in [1.29, 1.82) is 0 Å². The number of piperidine rings is 3. The van der Waals surface area contributed by atoms with Gasteiger partial charge in [-0.15, -0.1) is 0 Å². The number of fused-ring (bicyclic) bond motifs is 1. The number of hydrogen-bond donors (Lipinski definition) is 2. The summed E-state index contributed by atoms with van der Waals surface area (Å²) in [5.41, 5.74) is 4.17. The van der Waals surface area contributed by atoms with Crippen LogP contribution in [0.3, 0.4) is 0 Å². The number of rotatable bonds is 10. The van der Waals surface area contributed by atoms with Gasteiger partial charge in [0.15, 0.2) is 11.6 Å². The van der Waals surface area contributed by atoms with Crippen LogP contribution >= 0.6 is 0 Å². The van der Waals surface area contributed by atoms with Crippen molar-refractivity contribution < 1.29 is 38.1 Å². The second kappa shape index (κ2) is 17.6. The zero-order valence-corrected chi connectivity index (χ0v) is 36.8. The Hall–Kier alpha value is -5.25. The third kappa shape index (κ3) is 7.87. The van der Waals surface area contributed by atoms with E-state index < -0.39 is 29.1 Å². The molecule has 4 amide bonds. The molecule has 340 valence electrons. The molecule has 3 aromatic carbocycles. The number of hydrogen-bond acceptors (Lipinski definition) is 11. The lowest BCUT2D eigenvalue weighted by molar-refractivity contribution is -0.149. The van der Waals surface area contributed by atoms with Gasteiger partial charge in [-0.05, 0) is 98.7 Å². The topological polar surface area (TPSA) is 138 Å². The summed E-state index contributed by atoms with van der Waals surface area (Å²) in [6, 6.07) is 15.6. The highest BCUT2D eigenvalue weighted by atomic mass is 19.1. The van der Waals surface area contributed by atoms with Gasteiger partial charge < -0.3 is 39.1 Å². The van der Waals surface area contributed by atoms with E-state index in [1.165, 1.54) is 12.1 Å². The number of imide groups is 1. The number of anilines is 3. The number of benzene rings is 3. The number of para-hydroxylation sites is 1. The first kappa shape index (κ1) is 42.7. The number of aromatic hydroxyl groups is 1. The van der Waals surface area contributed by atoms with Crippen LogP contribution in [0.2, 0.25) is 0 Å². The number of carbonyl (C=O) groups is 4. The van der Waals surface area contributed by atoms with Crippen LogP contribution in [0, 0.1) is 23.1 Å². The van der Waals surface area contributed by atoms with E-state index in [0.29, 0.717) is 62.2 Å². The van der Waals surface area contributed by atoms with Crippen molar-refractivity contribution in [3.63, 3.8) is 0 Å². The Morgan fingerprint density at radius 2 is 1.42 bits per heavy atom. The SMILES string of the molecule is COc1cc(N2CCC(CN3CCN(CC4CCN(c5ccc6c(c5)CN(C5CCC(=O)NC5=O)C6=O)CC4)CC3)CC2)ccc1[C@@H]1N(c2cccc(F)c2O)C(=O)C12CCOCC2. The number of piperazine rings is 1. The van der Waals surface area contributed by atoms with E-state index >= 15 is 0 Å². The average molecular weight is 878 g/mol. The largest absolute Gasteiger partial charge is 0.503 e. The summed E-state index contributed by atoms with van der Waals surface area (Å²) in [5.74, 6) is -0.176. The second-order valence-corrected chi connectivity index (χ2v) is 19.1. The molecule has 0 bridgehead atoms. The molecule has 1 unspecified atom stereocenters. The fraction of sp³-hybridized carbons (Fsp3) is 0.551.